The first-order chi connectivity index (χ1) is 9.33. The number of esters is 2. The van der Waals surface area contributed by atoms with Crippen molar-refractivity contribution < 1.29 is 19.1 Å². The van der Waals surface area contributed by atoms with E-state index in [0.29, 0.717) is 6.42 Å². The van der Waals surface area contributed by atoms with Crippen LogP contribution in [-0.4, -0.2) is 25.2 Å². The van der Waals surface area contributed by atoms with Crippen molar-refractivity contribution in [2.24, 2.45) is 11.3 Å². The Bertz CT molecular complexity index is 343. The number of carbonyl (C=O) groups excluding carboxylic acids is 2. The monoisotopic (exact) mass is 304 g/mol. The summed E-state index contributed by atoms with van der Waals surface area (Å²) in [6, 6.07) is 0. The Balaban J connectivity index is 5.61. The Morgan fingerprint density at radius 2 is 1.60 bits per heavy atom. The summed E-state index contributed by atoms with van der Waals surface area (Å²) in [6.07, 6.45) is 0.582. The van der Waals surface area contributed by atoms with Crippen LogP contribution in [0.15, 0.2) is 11.1 Å². The van der Waals surface area contributed by atoms with Crippen LogP contribution in [0.2, 0.25) is 0 Å². The minimum absolute atomic E-state index is 0.145. The van der Waals surface area contributed by atoms with Gasteiger partial charge in [-0.25, -0.2) is 0 Å². The number of ether oxygens (including phenoxy) is 2. The van der Waals surface area contributed by atoms with Gasteiger partial charge in [-0.05, 0) is 39.5 Å². The second-order valence-electron chi connectivity index (χ2n) is 5.25. The van der Waals surface area contributed by atoms with Crippen molar-refractivity contribution >= 4 is 23.5 Å². The van der Waals surface area contributed by atoms with Crippen molar-refractivity contribution in [3.05, 3.63) is 11.1 Å². The third-order valence-electron chi connectivity index (χ3n) is 2.86. The molecule has 5 heteroatoms. The van der Waals surface area contributed by atoms with Crippen molar-refractivity contribution in [2.75, 3.05) is 13.2 Å². The number of hydrogen-bond donors (Lipinski definition) is 0. The molecule has 0 fully saturated rings. The fraction of sp³-hybridized carbons (Fsp3) is 0.733. The molecular weight excluding hydrogens is 280 g/mol. The van der Waals surface area contributed by atoms with Crippen LogP contribution in [0.25, 0.3) is 0 Å². The molecular formula is C15H25ClO4. The first-order valence-electron chi connectivity index (χ1n) is 6.94. The van der Waals surface area contributed by atoms with Gasteiger partial charge in [0.05, 0.1) is 13.2 Å². The highest BCUT2D eigenvalue weighted by atomic mass is 35.5. The SMILES string of the molecule is CCOC(=O)C(CC(C)=CCl)(CC(C)C)C(=O)OCC. The molecule has 0 aliphatic carbocycles. The van der Waals surface area contributed by atoms with E-state index in [9.17, 15) is 9.59 Å². The zero-order chi connectivity index (χ0) is 15.8. The summed E-state index contributed by atoms with van der Waals surface area (Å²) < 4.78 is 10.2. The molecule has 0 aromatic rings. The third kappa shape index (κ3) is 5.16. The van der Waals surface area contributed by atoms with Crippen LogP contribution in [0.3, 0.4) is 0 Å². The van der Waals surface area contributed by atoms with E-state index in [4.69, 9.17) is 21.1 Å². The maximum absolute atomic E-state index is 12.4. The molecule has 0 bridgehead atoms. The topological polar surface area (TPSA) is 52.6 Å². The van der Waals surface area contributed by atoms with Crippen LogP contribution in [0.5, 0.6) is 0 Å². The number of halogens is 1. The highest BCUT2D eigenvalue weighted by Crippen LogP contribution is 2.37. The van der Waals surface area contributed by atoms with Crippen molar-refractivity contribution in [2.45, 2.75) is 47.5 Å². The first-order valence-corrected chi connectivity index (χ1v) is 7.37. The lowest BCUT2D eigenvalue weighted by atomic mass is 9.75. The normalized spacial score (nSPS) is 12.4. The van der Waals surface area contributed by atoms with Gasteiger partial charge in [-0.15, -0.1) is 0 Å². The molecule has 0 radical (unpaired) electrons. The summed E-state index contributed by atoms with van der Waals surface area (Å²) in [5.74, 6) is -0.929. The minimum atomic E-state index is -1.31. The van der Waals surface area contributed by atoms with E-state index in [1.54, 1.807) is 20.8 Å². The van der Waals surface area contributed by atoms with E-state index in [1.165, 1.54) is 5.54 Å². The average molecular weight is 305 g/mol. The van der Waals surface area contributed by atoms with Crippen molar-refractivity contribution in [1.29, 1.82) is 0 Å². The fourth-order valence-corrected chi connectivity index (χ4v) is 2.29. The van der Waals surface area contributed by atoms with Crippen LogP contribution in [0.4, 0.5) is 0 Å². The van der Waals surface area contributed by atoms with Crippen molar-refractivity contribution in [3.63, 3.8) is 0 Å². The number of allylic oxidation sites excluding steroid dienone is 1. The van der Waals surface area contributed by atoms with Gasteiger partial charge in [-0.2, -0.15) is 0 Å². The molecule has 0 aromatic heterocycles. The highest BCUT2D eigenvalue weighted by molar-refractivity contribution is 6.25. The fourth-order valence-electron chi connectivity index (χ4n) is 2.22. The lowest BCUT2D eigenvalue weighted by molar-refractivity contribution is -0.173. The quantitative estimate of drug-likeness (QED) is 0.507. The van der Waals surface area contributed by atoms with Gasteiger partial charge in [0.15, 0.2) is 5.41 Å². The third-order valence-corrected chi connectivity index (χ3v) is 3.23. The lowest BCUT2D eigenvalue weighted by Crippen LogP contribution is -2.43. The molecule has 20 heavy (non-hydrogen) atoms. The van der Waals surface area contributed by atoms with Crippen LogP contribution in [0, 0.1) is 11.3 Å². The summed E-state index contributed by atoms with van der Waals surface area (Å²) in [4.78, 5) is 24.8. The molecule has 0 unspecified atom stereocenters. The predicted molar refractivity (Wildman–Crippen MR) is 79.4 cm³/mol. The van der Waals surface area contributed by atoms with E-state index < -0.39 is 17.4 Å². The molecule has 0 aliphatic heterocycles. The highest BCUT2D eigenvalue weighted by Gasteiger charge is 2.49. The smallest absolute Gasteiger partial charge is 0.323 e. The summed E-state index contributed by atoms with van der Waals surface area (Å²) in [5, 5.41) is 0. The Morgan fingerprint density at radius 3 is 1.90 bits per heavy atom. The number of hydrogen-bond acceptors (Lipinski definition) is 4. The molecule has 0 rings (SSSR count). The van der Waals surface area contributed by atoms with Crippen LogP contribution in [-0.2, 0) is 19.1 Å². The second kappa shape index (κ2) is 9.01. The van der Waals surface area contributed by atoms with Gasteiger partial charge in [0.25, 0.3) is 0 Å². The summed E-state index contributed by atoms with van der Waals surface area (Å²) in [7, 11) is 0. The first kappa shape index (κ1) is 19.0. The zero-order valence-electron chi connectivity index (χ0n) is 13.0. The maximum atomic E-state index is 12.4. The standard InChI is InChI=1S/C15H25ClO4/c1-6-19-13(17)15(8-11(3)4,9-12(5)10-16)14(18)20-7-2/h10-11H,6-9H2,1-5H3. The van der Waals surface area contributed by atoms with E-state index in [2.05, 4.69) is 0 Å². The van der Waals surface area contributed by atoms with Crippen molar-refractivity contribution in [3.8, 4) is 0 Å². The molecule has 0 aliphatic rings. The summed E-state index contributed by atoms with van der Waals surface area (Å²) >= 11 is 5.69. The molecule has 0 amide bonds. The van der Waals surface area contributed by atoms with Gasteiger partial charge >= 0.3 is 11.9 Å². The second-order valence-corrected chi connectivity index (χ2v) is 5.47. The maximum Gasteiger partial charge on any atom is 0.323 e. The summed E-state index contributed by atoms with van der Waals surface area (Å²) in [5.41, 5.74) is 0.817. The summed E-state index contributed by atoms with van der Waals surface area (Å²) in [6.45, 7) is 9.56. The minimum Gasteiger partial charge on any atom is -0.465 e. The molecule has 4 nitrogen and oxygen atoms in total. The van der Waals surface area contributed by atoms with Gasteiger partial charge in [-0.1, -0.05) is 31.0 Å². The van der Waals surface area contributed by atoms with E-state index in [0.717, 1.165) is 5.57 Å². The Labute approximate surface area is 126 Å². The molecule has 0 atom stereocenters. The van der Waals surface area contributed by atoms with Crippen LogP contribution < -0.4 is 0 Å². The predicted octanol–water partition coefficient (Wildman–Crippen LogP) is 3.68. The largest absolute Gasteiger partial charge is 0.465 e. The van der Waals surface area contributed by atoms with E-state index in [1.807, 2.05) is 13.8 Å². The Morgan fingerprint density at radius 1 is 1.15 bits per heavy atom. The van der Waals surface area contributed by atoms with Gasteiger partial charge in [0.2, 0.25) is 0 Å². The van der Waals surface area contributed by atoms with Gasteiger partial charge in [0, 0.05) is 5.54 Å². The molecule has 0 N–H and O–H groups in total. The molecule has 0 spiro atoms. The molecule has 0 saturated heterocycles. The number of carbonyl (C=O) groups is 2. The van der Waals surface area contributed by atoms with E-state index >= 15 is 0 Å². The van der Waals surface area contributed by atoms with Gasteiger partial charge < -0.3 is 9.47 Å². The average Bonchev–Trinajstić information content (AvgIpc) is 2.37. The molecule has 116 valence electrons. The zero-order valence-corrected chi connectivity index (χ0v) is 13.8. The number of rotatable bonds is 8. The van der Waals surface area contributed by atoms with Gasteiger partial charge in [-0.3, -0.25) is 9.59 Å². The molecule has 0 heterocycles. The molecule has 0 aromatic carbocycles. The Hall–Kier alpha value is -1.03. The van der Waals surface area contributed by atoms with E-state index in [-0.39, 0.29) is 25.6 Å². The Kier molecular flexibility index (Phi) is 8.54. The van der Waals surface area contributed by atoms with Crippen LogP contribution >= 0.6 is 11.6 Å². The molecule has 0 saturated carbocycles. The van der Waals surface area contributed by atoms with Crippen molar-refractivity contribution in [1.82, 2.24) is 0 Å². The van der Waals surface area contributed by atoms with Gasteiger partial charge in [0.1, 0.15) is 0 Å². The van der Waals surface area contributed by atoms with Crippen LogP contribution in [0.1, 0.15) is 47.5 Å². The lowest BCUT2D eigenvalue weighted by Gasteiger charge is -2.30.